The van der Waals surface area contributed by atoms with Crippen LogP contribution in [0.4, 0.5) is 0 Å². The molecule has 2 heterocycles. The van der Waals surface area contributed by atoms with E-state index in [9.17, 15) is 10.0 Å². The second-order valence-corrected chi connectivity index (χ2v) is 5.84. The number of pyridine rings is 1. The van der Waals surface area contributed by atoms with E-state index in [4.69, 9.17) is 0 Å². The van der Waals surface area contributed by atoms with E-state index in [1.807, 2.05) is 18.2 Å². The highest BCUT2D eigenvalue weighted by Crippen LogP contribution is 2.14. The van der Waals surface area contributed by atoms with Crippen molar-refractivity contribution < 1.29 is 4.73 Å². The van der Waals surface area contributed by atoms with Gasteiger partial charge in [-0.05, 0) is 31.3 Å². The number of hydrogen-bond acceptors (Lipinski definition) is 4. The zero-order chi connectivity index (χ0) is 17.8. The lowest BCUT2D eigenvalue weighted by atomic mass is 10.1. The first-order valence-corrected chi connectivity index (χ1v) is 8.56. The number of nitrogens with zero attached hydrogens (tertiary/aromatic N) is 4. The maximum Gasteiger partial charge on any atom is 0.326 e. The van der Waals surface area contributed by atoms with Crippen LogP contribution >= 0.6 is 0 Å². The first-order chi connectivity index (χ1) is 12.2. The molecule has 1 aromatic carbocycles. The van der Waals surface area contributed by atoms with Gasteiger partial charge in [-0.1, -0.05) is 32.0 Å². The van der Waals surface area contributed by atoms with Gasteiger partial charge >= 0.3 is 5.56 Å². The Morgan fingerprint density at radius 3 is 2.52 bits per heavy atom. The van der Waals surface area contributed by atoms with E-state index in [-0.39, 0.29) is 11.3 Å². The molecule has 6 nitrogen and oxygen atoms in total. The van der Waals surface area contributed by atoms with Crippen LogP contribution in [0, 0.1) is 5.21 Å². The molecule has 0 aliphatic rings. The lowest BCUT2D eigenvalue weighted by Crippen LogP contribution is -2.42. The predicted molar refractivity (Wildman–Crippen MR) is 98.2 cm³/mol. The molecule has 0 saturated heterocycles. The molecule has 3 aromatic rings. The van der Waals surface area contributed by atoms with E-state index < -0.39 is 0 Å². The molecule has 0 spiro atoms. The number of hydrogen-bond donors (Lipinski definition) is 0. The third-order valence-electron chi connectivity index (χ3n) is 4.47. The number of likely N-dealkylation sites (N-methyl/N-ethyl adjacent to an activating group) is 1. The molecule has 0 amide bonds. The van der Waals surface area contributed by atoms with E-state index in [2.05, 4.69) is 23.7 Å². The molecule has 2 aromatic heterocycles. The maximum absolute atomic E-state index is 13.1. The van der Waals surface area contributed by atoms with Crippen LogP contribution in [0.3, 0.4) is 0 Å². The second kappa shape index (κ2) is 7.44. The number of benzene rings is 1. The van der Waals surface area contributed by atoms with Crippen molar-refractivity contribution in [1.29, 1.82) is 0 Å². The standard InChI is InChI=1S/C19H22N4O2/c1-3-21(4-2)13-14-22-18-16(11-8-12-20-18)23(25)17(19(22)24)15-9-6-5-7-10-15/h5-12H,3-4,13-14H2,1-2H3. The van der Waals surface area contributed by atoms with Gasteiger partial charge in [0.05, 0.1) is 5.56 Å². The highest BCUT2D eigenvalue weighted by molar-refractivity contribution is 5.69. The molecule has 130 valence electrons. The zero-order valence-corrected chi connectivity index (χ0v) is 14.6. The normalized spacial score (nSPS) is 11.3. The molecular weight excluding hydrogens is 316 g/mol. The Morgan fingerprint density at radius 2 is 1.84 bits per heavy atom. The molecule has 0 aliphatic heterocycles. The molecule has 0 radical (unpaired) electrons. The van der Waals surface area contributed by atoms with Crippen LogP contribution in [0.1, 0.15) is 13.8 Å². The molecular formula is C19H22N4O2. The minimum atomic E-state index is -0.306. The summed E-state index contributed by atoms with van der Waals surface area (Å²) in [6, 6.07) is 12.5. The van der Waals surface area contributed by atoms with E-state index in [0.29, 0.717) is 28.0 Å². The SMILES string of the molecule is CCN(CC)CCn1c(=O)c(-c2ccccc2)[n+]([O-])c2cccnc21. The summed E-state index contributed by atoms with van der Waals surface area (Å²) in [5.74, 6) is 0. The smallest absolute Gasteiger partial charge is 0.326 e. The van der Waals surface area contributed by atoms with Crippen LogP contribution in [0.5, 0.6) is 0 Å². The minimum absolute atomic E-state index is 0.139. The lowest BCUT2D eigenvalue weighted by Gasteiger charge is -2.19. The van der Waals surface area contributed by atoms with Gasteiger partial charge in [-0.15, -0.1) is 0 Å². The quantitative estimate of drug-likeness (QED) is 0.510. The summed E-state index contributed by atoms with van der Waals surface area (Å²) < 4.78 is 2.32. The van der Waals surface area contributed by atoms with Gasteiger partial charge in [0.15, 0.2) is 0 Å². The van der Waals surface area contributed by atoms with Crippen molar-refractivity contribution in [3.63, 3.8) is 0 Å². The Bertz CT molecular complexity index is 918. The first kappa shape index (κ1) is 17.1. The van der Waals surface area contributed by atoms with Crippen LogP contribution in [0.25, 0.3) is 22.4 Å². The number of fused-ring (bicyclic) bond motifs is 1. The summed E-state index contributed by atoms with van der Waals surface area (Å²) in [7, 11) is 0. The van der Waals surface area contributed by atoms with Gasteiger partial charge in [0.2, 0.25) is 5.65 Å². The van der Waals surface area contributed by atoms with E-state index in [1.165, 1.54) is 0 Å². The molecule has 0 unspecified atom stereocenters. The number of rotatable bonds is 6. The topological polar surface area (TPSA) is 65.1 Å². The fourth-order valence-corrected chi connectivity index (χ4v) is 3.01. The highest BCUT2D eigenvalue weighted by Gasteiger charge is 2.22. The van der Waals surface area contributed by atoms with Gasteiger partial charge in [0, 0.05) is 25.4 Å². The van der Waals surface area contributed by atoms with Crippen molar-refractivity contribution in [1.82, 2.24) is 14.5 Å². The molecule has 3 rings (SSSR count). The molecule has 0 fully saturated rings. The van der Waals surface area contributed by atoms with Crippen molar-refractivity contribution in [2.24, 2.45) is 0 Å². The van der Waals surface area contributed by atoms with Gasteiger partial charge in [-0.25, -0.2) is 4.98 Å². The highest BCUT2D eigenvalue weighted by atomic mass is 16.5. The minimum Gasteiger partial charge on any atom is -0.618 e. The molecule has 0 atom stereocenters. The zero-order valence-electron chi connectivity index (χ0n) is 14.6. The van der Waals surface area contributed by atoms with Crippen LogP contribution in [-0.4, -0.2) is 34.1 Å². The van der Waals surface area contributed by atoms with Crippen molar-refractivity contribution >= 4 is 11.2 Å². The molecule has 0 bridgehead atoms. The fraction of sp³-hybridized carbons (Fsp3) is 0.316. The van der Waals surface area contributed by atoms with Gasteiger partial charge in [-0.3, -0.25) is 9.36 Å². The van der Waals surface area contributed by atoms with Crippen LogP contribution in [0.2, 0.25) is 0 Å². The van der Waals surface area contributed by atoms with Gasteiger partial charge < -0.3 is 10.1 Å². The van der Waals surface area contributed by atoms with Crippen molar-refractivity contribution in [2.45, 2.75) is 20.4 Å². The van der Waals surface area contributed by atoms with Gasteiger partial charge in [0.1, 0.15) is 0 Å². The Hall–Kier alpha value is -2.73. The van der Waals surface area contributed by atoms with E-state index in [0.717, 1.165) is 19.6 Å². The monoisotopic (exact) mass is 338 g/mol. The molecule has 6 heteroatoms. The maximum atomic E-state index is 13.1. The third-order valence-corrected chi connectivity index (χ3v) is 4.47. The largest absolute Gasteiger partial charge is 0.618 e. The Labute approximate surface area is 146 Å². The first-order valence-electron chi connectivity index (χ1n) is 8.56. The van der Waals surface area contributed by atoms with Gasteiger partial charge in [0.25, 0.3) is 11.2 Å². The molecule has 0 N–H and O–H groups in total. The fourth-order valence-electron chi connectivity index (χ4n) is 3.01. The predicted octanol–water partition coefficient (Wildman–Crippen LogP) is 2.04. The lowest BCUT2D eigenvalue weighted by molar-refractivity contribution is -0.566. The van der Waals surface area contributed by atoms with Crippen LogP contribution in [0.15, 0.2) is 53.5 Å². The summed E-state index contributed by atoms with van der Waals surface area (Å²) in [6.45, 7) is 7.24. The third kappa shape index (κ3) is 3.25. The molecule has 0 aliphatic carbocycles. The van der Waals surface area contributed by atoms with Crippen molar-refractivity contribution in [2.75, 3.05) is 19.6 Å². The second-order valence-electron chi connectivity index (χ2n) is 5.84. The van der Waals surface area contributed by atoms with Crippen molar-refractivity contribution in [3.05, 3.63) is 64.2 Å². The summed E-state index contributed by atoms with van der Waals surface area (Å²) >= 11 is 0. The summed E-state index contributed by atoms with van der Waals surface area (Å²) in [4.78, 5) is 19.6. The van der Waals surface area contributed by atoms with E-state index in [1.54, 1.807) is 35.0 Å². The summed E-state index contributed by atoms with van der Waals surface area (Å²) in [5.41, 5.74) is 1.28. The Balaban J connectivity index is 2.20. The number of aromatic nitrogens is 3. The Morgan fingerprint density at radius 1 is 1.12 bits per heavy atom. The van der Waals surface area contributed by atoms with Crippen LogP contribution in [-0.2, 0) is 6.54 Å². The van der Waals surface area contributed by atoms with Crippen molar-refractivity contribution in [3.8, 4) is 11.3 Å². The molecule has 0 saturated carbocycles. The Kier molecular flexibility index (Phi) is 5.09. The summed E-state index contributed by atoms with van der Waals surface area (Å²) in [6.07, 6.45) is 1.61. The average Bonchev–Trinajstić information content (AvgIpc) is 2.66. The molecule has 25 heavy (non-hydrogen) atoms. The van der Waals surface area contributed by atoms with E-state index >= 15 is 0 Å². The summed E-state index contributed by atoms with van der Waals surface area (Å²) in [5, 5.41) is 12.8. The van der Waals surface area contributed by atoms with Crippen LogP contribution < -0.4 is 10.3 Å². The van der Waals surface area contributed by atoms with Gasteiger partial charge in [-0.2, -0.15) is 4.73 Å². The average molecular weight is 338 g/mol.